The van der Waals surface area contributed by atoms with E-state index in [1.54, 1.807) is 18.3 Å². The molecule has 0 unspecified atom stereocenters. The summed E-state index contributed by atoms with van der Waals surface area (Å²) in [7, 11) is 1.50. The summed E-state index contributed by atoms with van der Waals surface area (Å²) in [5.41, 5.74) is 1.34. The lowest BCUT2D eigenvalue weighted by molar-refractivity contribution is 0.399. The molecule has 0 saturated heterocycles. The highest BCUT2D eigenvalue weighted by molar-refractivity contribution is 6.43. The lowest BCUT2D eigenvalue weighted by atomic mass is 10.1. The number of benzene rings is 1. The molecule has 1 aromatic carbocycles. The molecule has 0 amide bonds. The Morgan fingerprint density at radius 1 is 1.12 bits per heavy atom. The highest BCUT2D eigenvalue weighted by atomic mass is 35.5. The van der Waals surface area contributed by atoms with Crippen molar-refractivity contribution in [1.29, 1.82) is 0 Å². The first-order valence-corrected chi connectivity index (χ1v) is 5.77. The predicted molar refractivity (Wildman–Crippen MR) is 69.1 cm³/mol. The number of aromatic nitrogens is 2. The molecular weight excluding hydrogens is 282 g/mol. The lowest BCUT2D eigenvalue weighted by Crippen LogP contribution is -1.94. The minimum Gasteiger partial charge on any atom is -0.480 e. The van der Waals surface area contributed by atoms with Gasteiger partial charge in [-0.05, 0) is 17.7 Å². The van der Waals surface area contributed by atoms with Gasteiger partial charge >= 0.3 is 0 Å². The van der Waals surface area contributed by atoms with Gasteiger partial charge in [0.1, 0.15) is 0 Å². The monoisotopic (exact) mass is 288 g/mol. The number of halogens is 3. The summed E-state index contributed by atoms with van der Waals surface area (Å²) in [6, 6.07) is 5.30. The highest BCUT2D eigenvalue weighted by Crippen LogP contribution is 2.37. The van der Waals surface area contributed by atoms with Crippen LogP contribution in [0.1, 0.15) is 0 Å². The molecule has 0 aliphatic rings. The topological polar surface area (TPSA) is 35.0 Å². The molecule has 0 N–H and O–H groups in total. The van der Waals surface area contributed by atoms with Crippen molar-refractivity contribution in [1.82, 2.24) is 9.97 Å². The fourth-order valence-electron chi connectivity index (χ4n) is 1.40. The van der Waals surface area contributed by atoms with Gasteiger partial charge in [-0.25, -0.2) is 4.98 Å². The molecule has 0 fully saturated rings. The predicted octanol–water partition coefficient (Wildman–Crippen LogP) is 4.11. The number of hydrogen-bond acceptors (Lipinski definition) is 3. The van der Waals surface area contributed by atoms with Gasteiger partial charge in [0.15, 0.2) is 0 Å². The standard InChI is InChI=1S/C11H7Cl3N2O/c1-17-10-7(5-15-11(14)16-10)6-3-2-4-8(12)9(6)13/h2-5H,1H3. The van der Waals surface area contributed by atoms with Gasteiger partial charge in [0.2, 0.25) is 11.2 Å². The van der Waals surface area contributed by atoms with E-state index in [0.29, 0.717) is 27.1 Å². The van der Waals surface area contributed by atoms with Gasteiger partial charge in [-0.15, -0.1) is 0 Å². The Balaban J connectivity index is 2.64. The molecule has 2 rings (SSSR count). The molecule has 17 heavy (non-hydrogen) atoms. The largest absolute Gasteiger partial charge is 0.480 e. The van der Waals surface area contributed by atoms with Crippen molar-refractivity contribution in [2.75, 3.05) is 7.11 Å². The molecule has 1 heterocycles. The minimum atomic E-state index is 0.115. The molecule has 1 aromatic heterocycles. The maximum Gasteiger partial charge on any atom is 0.225 e. The van der Waals surface area contributed by atoms with Crippen LogP contribution < -0.4 is 4.74 Å². The summed E-state index contributed by atoms with van der Waals surface area (Å²) < 4.78 is 5.14. The van der Waals surface area contributed by atoms with E-state index in [9.17, 15) is 0 Å². The van der Waals surface area contributed by atoms with Crippen LogP contribution in [0.25, 0.3) is 11.1 Å². The van der Waals surface area contributed by atoms with Crippen LogP contribution in [0.3, 0.4) is 0 Å². The summed E-state index contributed by atoms with van der Waals surface area (Å²) >= 11 is 17.8. The van der Waals surface area contributed by atoms with Crippen molar-refractivity contribution >= 4 is 34.8 Å². The van der Waals surface area contributed by atoms with Crippen LogP contribution in [-0.4, -0.2) is 17.1 Å². The summed E-state index contributed by atoms with van der Waals surface area (Å²) in [6.45, 7) is 0. The maximum atomic E-state index is 6.12. The van der Waals surface area contributed by atoms with Crippen LogP contribution >= 0.6 is 34.8 Å². The Hall–Kier alpha value is -1.03. The molecule has 0 atom stereocenters. The van der Waals surface area contributed by atoms with Crippen molar-refractivity contribution in [3.8, 4) is 17.0 Å². The molecule has 3 nitrogen and oxygen atoms in total. The molecule has 2 aromatic rings. The molecular formula is C11H7Cl3N2O. The van der Waals surface area contributed by atoms with Crippen molar-refractivity contribution in [3.05, 3.63) is 39.7 Å². The summed E-state index contributed by atoms with van der Waals surface area (Å²) in [4.78, 5) is 7.88. The number of methoxy groups -OCH3 is 1. The molecule has 0 saturated carbocycles. The second-order valence-corrected chi connectivity index (χ2v) is 4.29. The van der Waals surface area contributed by atoms with Gasteiger partial charge in [-0.1, -0.05) is 35.3 Å². The fourth-order valence-corrected chi connectivity index (χ4v) is 1.93. The Labute approximate surface area is 113 Å². The zero-order chi connectivity index (χ0) is 12.4. The third-order valence-electron chi connectivity index (χ3n) is 2.16. The number of nitrogens with zero attached hydrogens (tertiary/aromatic N) is 2. The van der Waals surface area contributed by atoms with Gasteiger partial charge in [0, 0.05) is 11.8 Å². The molecule has 0 bridgehead atoms. The summed E-state index contributed by atoms with van der Waals surface area (Å²) in [5.74, 6) is 0.356. The minimum absolute atomic E-state index is 0.115. The Morgan fingerprint density at radius 2 is 1.88 bits per heavy atom. The number of ether oxygens (including phenoxy) is 1. The molecule has 0 aliphatic heterocycles. The van der Waals surface area contributed by atoms with Gasteiger partial charge in [0.25, 0.3) is 0 Å². The zero-order valence-electron chi connectivity index (χ0n) is 8.75. The lowest BCUT2D eigenvalue weighted by Gasteiger charge is -2.09. The molecule has 0 spiro atoms. The molecule has 88 valence electrons. The van der Waals surface area contributed by atoms with Gasteiger partial charge in [0.05, 0.1) is 22.7 Å². The van der Waals surface area contributed by atoms with Crippen molar-refractivity contribution in [2.45, 2.75) is 0 Å². The van der Waals surface area contributed by atoms with Crippen molar-refractivity contribution in [3.63, 3.8) is 0 Å². The molecule has 6 heteroatoms. The van der Waals surface area contributed by atoms with E-state index in [1.807, 2.05) is 6.07 Å². The van der Waals surface area contributed by atoms with Crippen LogP contribution in [0.5, 0.6) is 5.88 Å². The Kier molecular flexibility index (Phi) is 3.72. The SMILES string of the molecule is COc1nc(Cl)ncc1-c1cccc(Cl)c1Cl. The van der Waals surface area contributed by atoms with Crippen LogP contribution in [-0.2, 0) is 0 Å². The van der Waals surface area contributed by atoms with E-state index < -0.39 is 0 Å². The second kappa shape index (κ2) is 5.08. The van der Waals surface area contributed by atoms with E-state index in [1.165, 1.54) is 7.11 Å². The average molecular weight is 290 g/mol. The average Bonchev–Trinajstić information content (AvgIpc) is 2.33. The van der Waals surface area contributed by atoms with E-state index in [4.69, 9.17) is 39.5 Å². The smallest absolute Gasteiger partial charge is 0.225 e. The number of hydrogen-bond donors (Lipinski definition) is 0. The Morgan fingerprint density at radius 3 is 2.59 bits per heavy atom. The first-order valence-electron chi connectivity index (χ1n) is 4.64. The fraction of sp³-hybridized carbons (Fsp3) is 0.0909. The van der Waals surface area contributed by atoms with E-state index in [2.05, 4.69) is 9.97 Å². The van der Waals surface area contributed by atoms with Crippen LogP contribution in [0, 0.1) is 0 Å². The first kappa shape index (κ1) is 12.4. The van der Waals surface area contributed by atoms with E-state index >= 15 is 0 Å². The maximum absolute atomic E-state index is 6.12. The van der Waals surface area contributed by atoms with Crippen molar-refractivity contribution < 1.29 is 4.74 Å². The third-order valence-corrected chi connectivity index (χ3v) is 3.16. The van der Waals surface area contributed by atoms with Gasteiger partial charge < -0.3 is 4.74 Å². The van der Waals surface area contributed by atoms with E-state index in [0.717, 1.165) is 0 Å². The van der Waals surface area contributed by atoms with E-state index in [-0.39, 0.29) is 5.28 Å². The zero-order valence-corrected chi connectivity index (χ0v) is 11.0. The first-order chi connectivity index (χ1) is 8.13. The second-order valence-electron chi connectivity index (χ2n) is 3.16. The molecule has 0 radical (unpaired) electrons. The van der Waals surface area contributed by atoms with Gasteiger partial charge in [-0.2, -0.15) is 4.98 Å². The van der Waals surface area contributed by atoms with Crippen molar-refractivity contribution in [2.24, 2.45) is 0 Å². The number of rotatable bonds is 2. The summed E-state index contributed by atoms with van der Waals surface area (Å²) in [5, 5.41) is 1.00. The summed E-state index contributed by atoms with van der Waals surface area (Å²) in [6.07, 6.45) is 1.55. The molecule has 0 aliphatic carbocycles. The quantitative estimate of drug-likeness (QED) is 0.780. The van der Waals surface area contributed by atoms with Crippen LogP contribution in [0.2, 0.25) is 15.3 Å². The Bertz CT molecular complexity index is 560. The normalized spacial score (nSPS) is 10.4. The van der Waals surface area contributed by atoms with Crippen LogP contribution in [0.4, 0.5) is 0 Å². The van der Waals surface area contributed by atoms with Crippen LogP contribution in [0.15, 0.2) is 24.4 Å². The third kappa shape index (κ3) is 2.46. The van der Waals surface area contributed by atoms with Gasteiger partial charge in [-0.3, -0.25) is 0 Å². The highest BCUT2D eigenvalue weighted by Gasteiger charge is 2.13.